The molecule has 27 heavy (non-hydrogen) atoms. The molecule has 7 nitrogen and oxygen atoms in total. The summed E-state index contributed by atoms with van der Waals surface area (Å²) < 4.78 is 16.3. The zero-order valence-corrected chi connectivity index (χ0v) is 14.6. The lowest BCUT2D eigenvalue weighted by Crippen LogP contribution is -2.40. The normalized spacial score (nSPS) is 10.7. The molecule has 0 unspecified atom stereocenters. The summed E-state index contributed by atoms with van der Waals surface area (Å²) in [4.78, 5) is 23.7. The maximum Gasteiger partial charge on any atom is 0.305 e. The largest absolute Gasteiger partial charge is 0.486 e. The number of hydrogen-bond donors (Lipinski definition) is 2. The minimum absolute atomic E-state index is 0.0626. The lowest BCUT2D eigenvalue weighted by Gasteiger charge is -2.04. The number of para-hydroxylation sites is 1. The number of amides is 2. The fourth-order valence-corrected chi connectivity index (χ4v) is 2.17. The van der Waals surface area contributed by atoms with Gasteiger partial charge < -0.3 is 13.6 Å². The number of rotatable bonds is 6. The van der Waals surface area contributed by atoms with E-state index in [9.17, 15) is 9.59 Å². The molecule has 2 aromatic heterocycles. The number of benzene rings is 1. The molecule has 0 bridgehead atoms. The molecule has 0 spiro atoms. The monoisotopic (exact) mass is 366 g/mol. The van der Waals surface area contributed by atoms with Crippen molar-refractivity contribution in [3.63, 3.8) is 0 Å². The van der Waals surface area contributed by atoms with Crippen LogP contribution in [0, 0.1) is 6.92 Å². The maximum atomic E-state index is 12.0. The molecule has 0 fully saturated rings. The summed E-state index contributed by atoms with van der Waals surface area (Å²) in [5.41, 5.74) is 4.54. The topological polar surface area (TPSA) is 93.7 Å². The Labute approximate surface area is 155 Å². The van der Waals surface area contributed by atoms with E-state index in [1.165, 1.54) is 18.2 Å². The highest BCUT2D eigenvalue weighted by atomic mass is 16.5. The third-order valence-corrected chi connectivity index (χ3v) is 3.47. The molecule has 0 atom stereocenters. The van der Waals surface area contributed by atoms with Gasteiger partial charge in [0.25, 0.3) is 5.91 Å². The van der Waals surface area contributed by atoms with Gasteiger partial charge >= 0.3 is 5.91 Å². The van der Waals surface area contributed by atoms with Gasteiger partial charge in [-0.05, 0) is 49.4 Å². The summed E-state index contributed by atoms with van der Waals surface area (Å²) in [6.45, 7) is 2.00. The number of hydrazine groups is 1. The van der Waals surface area contributed by atoms with Crippen molar-refractivity contribution in [2.45, 2.75) is 13.5 Å². The fraction of sp³-hybridized carbons (Fsp3) is 0.100. The van der Waals surface area contributed by atoms with E-state index in [1.807, 2.05) is 30.3 Å². The molecule has 2 heterocycles. The Bertz CT molecular complexity index is 940. The maximum absolute atomic E-state index is 12.0. The zero-order chi connectivity index (χ0) is 19.1. The van der Waals surface area contributed by atoms with Crippen molar-refractivity contribution >= 4 is 17.9 Å². The zero-order valence-electron chi connectivity index (χ0n) is 14.6. The minimum Gasteiger partial charge on any atom is -0.486 e. The second kappa shape index (κ2) is 8.57. The van der Waals surface area contributed by atoms with E-state index in [1.54, 1.807) is 25.1 Å². The molecule has 0 aliphatic heterocycles. The first-order valence-electron chi connectivity index (χ1n) is 8.21. The van der Waals surface area contributed by atoms with E-state index >= 15 is 0 Å². The second-order valence-corrected chi connectivity index (χ2v) is 5.59. The standard InChI is InChI=1S/C20H18N2O5/c1-14-7-8-16(26-14)10-12-19(23)21-22-20(24)18-11-9-17(27-18)13-25-15-5-3-2-4-6-15/h2-12H,13H2,1H3,(H,21,23)(H,22,24)/b12-10+. The van der Waals surface area contributed by atoms with Crippen molar-refractivity contribution in [1.82, 2.24) is 10.9 Å². The van der Waals surface area contributed by atoms with Gasteiger partial charge in [-0.3, -0.25) is 20.4 Å². The van der Waals surface area contributed by atoms with E-state index in [0.29, 0.717) is 17.3 Å². The van der Waals surface area contributed by atoms with Crippen LogP contribution in [0.3, 0.4) is 0 Å². The van der Waals surface area contributed by atoms with Crippen LogP contribution in [0.4, 0.5) is 0 Å². The van der Waals surface area contributed by atoms with Crippen LogP contribution < -0.4 is 15.6 Å². The third-order valence-electron chi connectivity index (χ3n) is 3.47. The van der Waals surface area contributed by atoms with Crippen LogP contribution in [-0.2, 0) is 11.4 Å². The van der Waals surface area contributed by atoms with Crippen LogP contribution in [0.2, 0.25) is 0 Å². The Hall–Kier alpha value is -3.74. The van der Waals surface area contributed by atoms with Crippen molar-refractivity contribution in [2.75, 3.05) is 0 Å². The molecule has 0 saturated heterocycles. The van der Waals surface area contributed by atoms with E-state index in [2.05, 4.69) is 10.9 Å². The predicted molar refractivity (Wildman–Crippen MR) is 97.6 cm³/mol. The van der Waals surface area contributed by atoms with Crippen LogP contribution in [0.15, 0.2) is 69.5 Å². The summed E-state index contributed by atoms with van der Waals surface area (Å²) >= 11 is 0. The van der Waals surface area contributed by atoms with E-state index in [0.717, 1.165) is 5.76 Å². The van der Waals surface area contributed by atoms with Gasteiger partial charge in [-0.2, -0.15) is 0 Å². The molecule has 7 heteroatoms. The summed E-state index contributed by atoms with van der Waals surface area (Å²) in [6, 6.07) is 15.9. The molecule has 2 amide bonds. The lowest BCUT2D eigenvalue weighted by atomic mass is 10.3. The molecular weight excluding hydrogens is 348 g/mol. The Morgan fingerprint density at radius 3 is 2.56 bits per heavy atom. The van der Waals surface area contributed by atoms with Crippen molar-refractivity contribution in [3.8, 4) is 5.75 Å². The number of hydrogen-bond acceptors (Lipinski definition) is 5. The molecule has 0 saturated carbocycles. The van der Waals surface area contributed by atoms with Crippen molar-refractivity contribution in [3.05, 3.63) is 83.7 Å². The Balaban J connectivity index is 1.46. The first-order valence-corrected chi connectivity index (χ1v) is 8.21. The van der Waals surface area contributed by atoms with Gasteiger partial charge in [0.15, 0.2) is 5.76 Å². The van der Waals surface area contributed by atoms with Gasteiger partial charge in [0, 0.05) is 6.08 Å². The molecule has 3 aromatic rings. The fourth-order valence-electron chi connectivity index (χ4n) is 2.17. The summed E-state index contributed by atoms with van der Waals surface area (Å²) in [5, 5.41) is 0. The van der Waals surface area contributed by atoms with Gasteiger partial charge in [0.05, 0.1) is 0 Å². The average molecular weight is 366 g/mol. The van der Waals surface area contributed by atoms with Gasteiger partial charge in [-0.1, -0.05) is 18.2 Å². The molecule has 0 radical (unpaired) electrons. The van der Waals surface area contributed by atoms with Gasteiger partial charge in [0.2, 0.25) is 0 Å². The van der Waals surface area contributed by atoms with Crippen LogP contribution >= 0.6 is 0 Å². The molecule has 0 aliphatic rings. The number of carbonyl (C=O) groups excluding carboxylic acids is 2. The van der Waals surface area contributed by atoms with Crippen LogP contribution in [0.1, 0.15) is 27.8 Å². The van der Waals surface area contributed by atoms with E-state index in [-0.39, 0.29) is 12.4 Å². The minimum atomic E-state index is -0.573. The molecule has 3 rings (SSSR count). The Morgan fingerprint density at radius 1 is 1.00 bits per heavy atom. The number of ether oxygens (including phenoxy) is 1. The Kier molecular flexibility index (Phi) is 5.73. The highest BCUT2D eigenvalue weighted by molar-refractivity contribution is 5.96. The molecule has 1 aromatic carbocycles. The predicted octanol–water partition coefficient (Wildman–Crippen LogP) is 3.23. The summed E-state index contributed by atoms with van der Waals surface area (Å²) in [6.07, 6.45) is 2.75. The van der Waals surface area contributed by atoms with Crippen LogP contribution in [-0.4, -0.2) is 11.8 Å². The van der Waals surface area contributed by atoms with Gasteiger partial charge in [-0.25, -0.2) is 0 Å². The van der Waals surface area contributed by atoms with Crippen molar-refractivity contribution in [2.24, 2.45) is 0 Å². The summed E-state index contributed by atoms with van der Waals surface area (Å²) in [5.74, 6) is 1.46. The van der Waals surface area contributed by atoms with Crippen LogP contribution in [0.25, 0.3) is 6.08 Å². The first-order chi connectivity index (χ1) is 13.1. The second-order valence-electron chi connectivity index (χ2n) is 5.59. The highest BCUT2D eigenvalue weighted by Crippen LogP contribution is 2.14. The average Bonchev–Trinajstić information content (AvgIpc) is 3.32. The van der Waals surface area contributed by atoms with Gasteiger partial charge in [-0.15, -0.1) is 0 Å². The Morgan fingerprint density at radius 2 is 1.81 bits per heavy atom. The number of nitrogens with one attached hydrogen (secondary N) is 2. The van der Waals surface area contributed by atoms with Crippen LogP contribution in [0.5, 0.6) is 5.75 Å². The number of carbonyl (C=O) groups is 2. The SMILES string of the molecule is Cc1ccc(/C=C/C(=O)NNC(=O)c2ccc(COc3ccccc3)o2)o1. The number of aryl methyl sites for hydroxylation is 1. The third kappa shape index (κ3) is 5.37. The first kappa shape index (κ1) is 18.1. The van der Waals surface area contributed by atoms with Crippen molar-refractivity contribution < 1.29 is 23.2 Å². The molecule has 138 valence electrons. The highest BCUT2D eigenvalue weighted by Gasteiger charge is 2.12. The van der Waals surface area contributed by atoms with Crippen molar-refractivity contribution in [1.29, 1.82) is 0 Å². The quantitative estimate of drug-likeness (QED) is 0.516. The lowest BCUT2D eigenvalue weighted by molar-refractivity contribution is -0.117. The summed E-state index contributed by atoms with van der Waals surface area (Å²) in [7, 11) is 0. The smallest absolute Gasteiger partial charge is 0.305 e. The van der Waals surface area contributed by atoms with E-state index < -0.39 is 11.8 Å². The number of furan rings is 2. The van der Waals surface area contributed by atoms with Gasteiger partial charge in [0.1, 0.15) is 29.6 Å². The molecular formula is C20H18N2O5. The molecule has 0 aliphatic carbocycles. The molecule has 2 N–H and O–H groups in total. The van der Waals surface area contributed by atoms with E-state index in [4.69, 9.17) is 13.6 Å².